The zero-order valence-electron chi connectivity index (χ0n) is 10.3. The predicted molar refractivity (Wildman–Crippen MR) is 73.4 cm³/mol. The van der Waals surface area contributed by atoms with E-state index in [1.165, 1.54) is 7.11 Å². The summed E-state index contributed by atoms with van der Waals surface area (Å²) < 4.78 is 5.77. The fourth-order valence-electron chi connectivity index (χ4n) is 1.37. The summed E-state index contributed by atoms with van der Waals surface area (Å²) in [5, 5.41) is 9.56. The lowest BCUT2D eigenvalue weighted by molar-refractivity contribution is 0.373. The molecule has 0 aliphatic heterocycles. The Bertz CT molecular complexity index is 408. The normalized spacial score (nSPS) is 10.8. The van der Waals surface area contributed by atoms with E-state index in [0.29, 0.717) is 5.75 Å². The van der Waals surface area contributed by atoms with Gasteiger partial charge in [-0.25, -0.2) is 4.99 Å². The van der Waals surface area contributed by atoms with E-state index >= 15 is 0 Å². The molecular formula is C12H17BrN2O2. The van der Waals surface area contributed by atoms with Gasteiger partial charge in [0.1, 0.15) is 0 Å². The fraction of sp³-hybridized carbons (Fsp3) is 0.417. The van der Waals surface area contributed by atoms with Crippen LogP contribution in [0.25, 0.3) is 0 Å². The summed E-state index contributed by atoms with van der Waals surface area (Å²) in [6.45, 7) is 3.07. The number of phenolic OH excluding ortho intramolecular Hbond substituents is 1. The molecule has 5 heteroatoms. The van der Waals surface area contributed by atoms with Crippen molar-refractivity contribution >= 4 is 28.0 Å². The topological polar surface area (TPSA) is 45.1 Å². The number of ether oxygens (including phenoxy) is 1. The highest BCUT2D eigenvalue weighted by atomic mass is 79.9. The van der Waals surface area contributed by atoms with E-state index in [9.17, 15) is 5.11 Å². The van der Waals surface area contributed by atoms with Crippen LogP contribution in [-0.2, 0) is 0 Å². The highest BCUT2D eigenvalue weighted by molar-refractivity contribution is 9.10. The van der Waals surface area contributed by atoms with Crippen molar-refractivity contribution < 1.29 is 9.84 Å². The highest BCUT2D eigenvalue weighted by Gasteiger charge is 2.06. The Morgan fingerprint density at radius 1 is 1.53 bits per heavy atom. The Labute approximate surface area is 110 Å². The van der Waals surface area contributed by atoms with E-state index < -0.39 is 0 Å². The second-order valence-electron chi connectivity index (χ2n) is 3.70. The Kier molecular flexibility index (Phi) is 5.28. The van der Waals surface area contributed by atoms with Gasteiger partial charge in [-0.3, -0.25) is 0 Å². The van der Waals surface area contributed by atoms with Gasteiger partial charge in [0.2, 0.25) is 0 Å². The zero-order chi connectivity index (χ0) is 12.8. The molecule has 1 aromatic rings. The fourth-order valence-corrected chi connectivity index (χ4v) is 1.80. The van der Waals surface area contributed by atoms with Gasteiger partial charge >= 0.3 is 0 Å². The third-order valence-corrected chi connectivity index (χ3v) is 2.85. The molecule has 0 aliphatic rings. The first kappa shape index (κ1) is 13.8. The molecule has 0 atom stereocenters. The number of aromatic hydroxyl groups is 1. The minimum atomic E-state index is 0.0974. The van der Waals surface area contributed by atoms with Gasteiger partial charge in [-0.1, -0.05) is 6.92 Å². The predicted octanol–water partition coefficient (Wildman–Crippen LogP) is 3.16. The number of hydrogen-bond donors (Lipinski definition) is 1. The Hall–Kier alpha value is -1.23. The smallest absolute Gasteiger partial charge is 0.162 e. The Balaban J connectivity index is 2.90. The van der Waals surface area contributed by atoms with Crippen LogP contribution in [0.4, 0.5) is 5.69 Å². The van der Waals surface area contributed by atoms with Crippen molar-refractivity contribution in [2.75, 3.05) is 20.7 Å². The number of nitrogens with zero attached hydrogens (tertiary/aromatic N) is 2. The number of hydrogen-bond acceptors (Lipinski definition) is 3. The van der Waals surface area contributed by atoms with Crippen LogP contribution < -0.4 is 4.74 Å². The van der Waals surface area contributed by atoms with Gasteiger partial charge in [-0.05, 0) is 22.4 Å². The quantitative estimate of drug-likeness (QED) is 0.671. The molecule has 0 spiro atoms. The van der Waals surface area contributed by atoms with Crippen molar-refractivity contribution in [3.8, 4) is 11.5 Å². The molecule has 0 heterocycles. The molecule has 0 unspecified atom stereocenters. The van der Waals surface area contributed by atoms with Gasteiger partial charge in [0, 0.05) is 30.2 Å². The van der Waals surface area contributed by atoms with Gasteiger partial charge in [-0.15, -0.1) is 0 Å². The van der Waals surface area contributed by atoms with E-state index in [4.69, 9.17) is 4.74 Å². The number of rotatable bonds is 5. The summed E-state index contributed by atoms with van der Waals surface area (Å²) >= 11 is 3.35. The minimum Gasteiger partial charge on any atom is -0.504 e. The molecule has 0 aromatic heterocycles. The summed E-state index contributed by atoms with van der Waals surface area (Å²) in [6, 6.07) is 3.26. The number of halogens is 1. The van der Waals surface area contributed by atoms with Crippen molar-refractivity contribution in [1.29, 1.82) is 0 Å². The molecule has 0 amide bonds. The summed E-state index contributed by atoms with van der Waals surface area (Å²) in [5.74, 6) is 0.513. The summed E-state index contributed by atoms with van der Waals surface area (Å²) in [6.07, 6.45) is 2.84. The second kappa shape index (κ2) is 6.49. The number of methoxy groups -OCH3 is 1. The van der Waals surface area contributed by atoms with Crippen molar-refractivity contribution in [3.63, 3.8) is 0 Å². The number of aliphatic imine (C=N–C) groups is 1. The number of phenols is 1. The average molecular weight is 301 g/mol. The molecule has 0 saturated carbocycles. The standard InChI is InChI=1S/C12H17BrN2O2/c1-4-5-15(2)8-14-10-7-12(17-3)11(16)6-9(10)13/h6-8,16H,4-5H2,1-3H3. The van der Waals surface area contributed by atoms with Crippen molar-refractivity contribution in [1.82, 2.24) is 4.90 Å². The first-order valence-corrected chi connectivity index (χ1v) is 6.18. The molecule has 1 N–H and O–H groups in total. The van der Waals surface area contributed by atoms with Gasteiger partial charge in [0.25, 0.3) is 0 Å². The van der Waals surface area contributed by atoms with Crippen LogP contribution in [0.2, 0.25) is 0 Å². The van der Waals surface area contributed by atoms with Gasteiger partial charge in [0.05, 0.1) is 19.1 Å². The lowest BCUT2D eigenvalue weighted by Crippen LogP contribution is -2.16. The SMILES string of the molecule is CCCN(C)C=Nc1cc(OC)c(O)cc1Br. The summed E-state index contributed by atoms with van der Waals surface area (Å²) in [5.41, 5.74) is 0.725. The van der Waals surface area contributed by atoms with Crippen LogP contribution in [0.5, 0.6) is 11.5 Å². The lowest BCUT2D eigenvalue weighted by atomic mass is 10.3. The first-order valence-electron chi connectivity index (χ1n) is 5.39. The van der Waals surface area contributed by atoms with Crippen LogP contribution >= 0.6 is 15.9 Å². The first-order chi connectivity index (χ1) is 8.08. The highest BCUT2D eigenvalue weighted by Crippen LogP contribution is 2.36. The largest absolute Gasteiger partial charge is 0.504 e. The summed E-state index contributed by atoms with van der Waals surface area (Å²) in [4.78, 5) is 6.34. The maximum atomic E-state index is 9.56. The van der Waals surface area contributed by atoms with E-state index in [0.717, 1.165) is 23.1 Å². The molecule has 4 nitrogen and oxygen atoms in total. The molecule has 17 heavy (non-hydrogen) atoms. The van der Waals surface area contributed by atoms with Crippen LogP contribution in [0, 0.1) is 0 Å². The molecule has 0 saturated heterocycles. The van der Waals surface area contributed by atoms with Crippen LogP contribution in [0.3, 0.4) is 0 Å². The van der Waals surface area contributed by atoms with Gasteiger partial charge < -0.3 is 14.7 Å². The van der Waals surface area contributed by atoms with Crippen molar-refractivity contribution in [2.24, 2.45) is 4.99 Å². The maximum absolute atomic E-state index is 9.56. The molecule has 94 valence electrons. The summed E-state index contributed by atoms with van der Waals surface area (Å²) in [7, 11) is 3.48. The maximum Gasteiger partial charge on any atom is 0.162 e. The third-order valence-electron chi connectivity index (χ3n) is 2.22. The monoisotopic (exact) mass is 300 g/mol. The average Bonchev–Trinajstić information content (AvgIpc) is 2.28. The third kappa shape index (κ3) is 3.93. The molecule has 1 aromatic carbocycles. The van der Waals surface area contributed by atoms with Crippen LogP contribution in [0.1, 0.15) is 13.3 Å². The van der Waals surface area contributed by atoms with Gasteiger partial charge in [-0.2, -0.15) is 0 Å². The molecule has 0 fully saturated rings. The van der Waals surface area contributed by atoms with Crippen LogP contribution in [-0.4, -0.2) is 37.0 Å². The Morgan fingerprint density at radius 3 is 2.82 bits per heavy atom. The number of benzene rings is 1. The minimum absolute atomic E-state index is 0.0974. The van der Waals surface area contributed by atoms with E-state index in [1.807, 2.05) is 11.9 Å². The van der Waals surface area contributed by atoms with E-state index in [1.54, 1.807) is 18.5 Å². The van der Waals surface area contributed by atoms with Gasteiger partial charge in [0.15, 0.2) is 11.5 Å². The second-order valence-corrected chi connectivity index (χ2v) is 4.55. The van der Waals surface area contributed by atoms with Crippen molar-refractivity contribution in [3.05, 3.63) is 16.6 Å². The molecule has 0 radical (unpaired) electrons. The molecule has 1 rings (SSSR count). The zero-order valence-corrected chi connectivity index (χ0v) is 11.9. The van der Waals surface area contributed by atoms with Crippen molar-refractivity contribution in [2.45, 2.75) is 13.3 Å². The molecule has 0 aliphatic carbocycles. The van der Waals surface area contributed by atoms with E-state index in [-0.39, 0.29) is 5.75 Å². The van der Waals surface area contributed by atoms with Crippen LogP contribution in [0.15, 0.2) is 21.6 Å². The molecule has 0 bridgehead atoms. The van der Waals surface area contributed by atoms with E-state index in [2.05, 4.69) is 27.8 Å². The lowest BCUT2D eigenvalue weighted by Gasteiger charge is -2.11. The molecular weight excluding hydrogens is 284 g/mol. The Morgan fingerprint density at radius 2 is 2.24 bits per heavy atom.